The average molecular weight is 384 g/mol. The number of amides is 2. The van der Waals surface area contributed by atoms with Crippen LogP contribution < -0.4 is 10.6 Å². The van der Waals surface area contributed by atoms with E-state index in [2.05, 4.69) is 10.6 Å². The number of thiophene rings is 1. The molecule has 2 aromatic rings. The van der Waals surface area contributed by atoms with Gasteiger partial charge in [0.1, 0.15) is 15.2 Å². The highest BCUT2D eigenvalue weighted by Crippen LogP contribution is 2.31. The minimum atomic E-state index is -3.75. The topological polar surface area (TPSA) is 105 Å². The molecule has 0 unspecified atom stereocenters. The van der Waals surface area contributed by atoms with Gasteiger partial charge < -0.3 is 15.1 Å². The summed E-state index contributed by atoms with van der Waals surface area (Å²) in [6, 6.07) is 6.23. The molecule has 0 fully saturated rings. The van der Waals surface area contributed by atoms with Crippen LogP contribution in [0.2, 0.25) is 0 Å². The van der Waals surface area contributed by atoms with Gasteiger partial charge in [-0.3, -0.25) is 9.59 Å². The molecule has 0 aliphatic rings. The molecule has 0 saturated carbocycles. The standard InChI is InChI=1S/C16H20N2O5S2/c1-11(2)9-17-15(19)16(20)18-10-13(12-5-3-7-23-12)25(21,22)14-6-4-8-24-14/h3-8,11,13H,9-10H2,1-2H3,(H,17,19)(H,18,20)/t13-/m0/s1. The highest BCUT2D eigenvalue weighted by Gasteiger charge is 2.33. The van der Waals surface area contributed by atoms with Crippen molar-refractivity contribution in [3.8, 4) is 0 Å². The Bertz CT molecular complexity index is 796. The Labute approximate surface area is 150 Å². The van der Waals surface area contributed by atoms with E-state index in [1.54, 1.807) is 17.5 Å². The monoisotopic (exact) mass is 384 g/mol. The van der Waals surface area contributed by atoms with E-state index >= 15 is 0 Å². The summed E-state index contributed by atoms with van der Waals surface area (Å²) < 4.78 is 31.0. The summed E-state index contributed by atoms with van der Waals surface area (Å²) in [4.78, 5) is 23.6. The Morgan fingerprint density at radius 2 is 1.80 bits per heavy atom. The van der Waals surface area contributed by atoms with Crippen LogP contribution in [0.5, 0.6) is 0 Å². The van der Waals surface area contributed by atoms with Gasteiger partial charge in [-0.15, -0.1) is 11.3 Å². The molecule has 25 heavy (non-hydrogen) atoms. The van der Waals surface area contributed by atoms with Crippen molar-refractivity contribution in [1.82, 2.24) is 10.6 Å². The van der Waals surface area contributed by atoms with Gasteiger partial charge in [-0.25, -0.2) is 8.42 Å². The third-order valence-corrected chi connectivity index (χ3v) is 6.83. The number of hydrogen-bond donors (Lipinski definition) is 2. The summed E-state index contributed by atoms with van der Waals surface area (Å²) >= 11 is 1.09. The molecule has 0 saturated heterocycles. The molecule has 0 aliphatic carbocycles. The molecule has 2 amide bonds. The van der Waals surface area contributed by atoms with Crippen molar-refractivity contribution in [2.45, 2.75) is 23.3 Å². The predicted molar refractivity (Wildman–Crippen MR) is 93.8 cm³/mol. The lowest BCUT2D eigenvalue weighted by Gasteiger charge is -2.15. The third-order valence-electron chi connectivity index (χ3n) is 3.34. The van der Waals surface area contributed by atoms with Crippen molar-refractivity contribution in [2.24, 2.45) is 5.92 Å². The molecule has 2 aromatic heterocycles. The maximum Gasteiger partial charge on any atom is 0.309 e. The van der Waals surface area contributed by atoms with E-state index in [0.717, 1.165) is 11.3 Å². The SMILES string of the molecule is CC(C)CNC(=O)C(=O)NC[C@@H](c1ccco1)S(=O)(=O)c1cccs1. The molecule has 2 N–H and O–H groups in total. The van der Waals surface area contributed by atoms with Crippen LogP contribution in [0.25, 0.3) is 0 Å². The van der Waals surface area contributed by atoms with Gasteiger partial charge in [0.25, 0.3) is 0 Å². The van der Waals surface area contributed by atoms with Crippen molar-refractivity contribution in [3.63, 3.8) is 0 Å². The van der Waals surface area contributed by atoms with E-state index in [-0.39, 0.29) is 22.4 Å². The van der Waals surface area contributed by atoms with Gasteiger partial charge in [0.15, 0.2) is 9.84 Å². The zero-order chi connectivity index (χ0) is 18.4. The lowest BCUT2D eigenvalue weighted by molar-refractivity contribution is -0.139. The molecule has 2 heterocycles. The van der Waals surface area contributed by atoms with E-state index in [0.29, 0.717) is 6.54 Å². The van der Waals surface area contributed by atoms with Crippen LogP contribution in [0.15, 0.2) is 44.5 Å². The predicted octanol–water partition coefficient (Wildman–Crippen LogP) is 1.74. The van der Waals surface area contributed by atoms with Crippen LogP contribution in [0.3, 0.4) is 0 Å². The first-order valence-corrected chi connectivity index (χ1v) is 10.1. The fourth-order valence-corrected chi connectivity index (χ4v) is 4.84. The molecule has 2 rings (SSSR count). The fraction of sp³-hybridized carbons (Fsp3) is 0.375. The maximum absolute atomic E-state index is 12.8. The summed E-state index contributed by atoms with van der Waals surface area (Å²) in [5, 5.41) is 5.41. The second-order valence-electron chi connectivity index (χ2n) is 5.80. The highest BCUT2D eigenvalue weighted by molar-refractivity contribution is 7.93. The molecule has 7 nitrogen and oxygen atoms in total. The summed E-state index contributed by atoms with van der Waals surface area (Å²) in [7, 11) is -3.75. The lowest BCUT2D eigenvalue weighted by Crippen LogP contribution is -2.43. The Morgan fingerprint density at radius 1 is 1.12 bits per heavy atom. The third kappa shape index (κ3) is 4.93. The van der Waals surface area contributed by atoms with Gasteiger partial charge in [-0.1, -0.05) is 19.9 Å². The van der Waals surface area contributed by atoms with Crippen molar-refractivity contribution < 1.29 is 22.4 Å². The first-order chi connectivity index (χ1) is 11.8. The molecular formula is C16H20N2O5S2. The number of carbonyl (C=O) groups excluding carboxylic acids is 2. The van der Waals surface area contributed by atoms with Gasteiger partial charge in [0, 0.05) is 13.1 Å². The normalized spacial score (nSPS) is 12.8. The summed E-state index contributed by atoms with van der Waals surface area (Å²) in [6.07, 6.45) is 1.36. The van der Waals surface area contributed by atoms with Crippen LogP contribution >= 0.6 is 11.3 Å². The van der Waals surface area contributed by atoms with Gasteiger partial charge in [0.05, 0.1) is 6.26 Å². The number of carbonyl (C=O) groups is 2. The van der Waals surface area contributed by atoms with E-state index in [1.165, 1.54) is 18.4 Å². The first kappa shape index (κ1) is 19.2. The molecule has 0 aromatic carbocycles. The Kier molecular flexibility index (Phi) is 6.38. The molecular weight excluding hydrogens is 364 g/mol. The minimum absolute atomic E-state index is 0.174. The number of sulfone groups is 1. The first-order valence-electron chi connectivity index (χ1n) is 7.69. The molecule has 1 atom stereocenters. The van der Waals surface area contributed by atoms with Crippen LogP contribution in [0.1, 0.15) is 24.9 Å². The van der Waals surface area contributed by atoms with Gasteiger partial charge in [-0.2, -0.15) is 0 Å². The molecule has 9 heteroatoms. The molecule has 0 radical (unpaired) electrons. The van der Waals surface area contributed by atoms with Crippen LogP contribution in [-0.2, 0) is 19.4 Å². The molecule has 136 valence electrons. The van der Waals surface area contributed by atoms with Crippen molar-refractivity contribution in [1.29, 1.82) is 0 Å². The Balaban J connectivity index is 2.11. The zero-order valence-electron chi connectivity index (χ0n) is 13.9. The van der Waals surface area contributed by atoms with Crippen LogP contribution in [0.4, 0.5) is 0 Å². The van der Waals surface area contributed by atoms with Crippen molar-refractivity contribution in [3.05, 3.63) is 41.7 Å². The maximum atomic E-state index is 12.8. The average Bonchev–Trinajstić information content (AvgIpc) is 3.25. The van der Waals surface area contributed by atoms with E-state index in [1.807, 2.05) is 13.8 Å². The second kappa shape index (κ2) is 8.30. The summed E-state index contributed by atoms with van der Waals surface area (Å²) in [6.45, 7) is 3.90. The Hall–Kier alpha value is -2.13. The van der Waals surface area contributed by atoms with E-state index in [9.17, 15) is 18.0 Å². The van der Waals surface area contributed by atoms with Crippen molar-refractivity contribution >= 4 is 33.0 Å². The van der Waals surface area contributed by atoms with E-state index in [4.69, 9.17) is 4.42 Å². The summed E-state index contributed by atoms with van der Waals surface area (Å²) in [5.74, 6) is -1.26. The highest BCUT2D eigenvalue weighted by atomic mass is 32.2. The zero-order valence-corrected chi connectivity index (χ0v) is 15.5. The van der Waals surface area contributed by atoms with Gasteiger partial charge in [0.2, 0.25) is 0 Å². The smallest absolute Gasteiger partial charge is 0.309 e. The lowest BCUT2D eigenvalue weighted by atomic mass is 10.2. The van der Waals surface area contributed by atoms with Gasteiger partial charge >= 0.3 is 11.8 Å². The minimum Gasteiger partial charge on any atom is -0.468 e. The molecule has 0 bridgehead atoms. The van der Waals surface area contributed by atoms with Gasteiger partial charge in [-0.05, 0) is 29.5 Å². The second-order valence-corrected chi connectivity index (χ2v) is 9.10. The number of nitrogens with one attached hydrogen (secondary N) is 2. The summed E-state index contributed by atoms with van der Waals surface area (Å²) in [5.41, 5.74) is 0. The number of furan rings is 1. The van der Waals surface area contributed by atoms with Crippen LogP contribution in [0, 0.1) is 5.92 Å². The van der Waals surface area contributed by atoms with Crippen LogP contribution in [-0.4, -0.2) is 33.3 Å². The quantitative estimate of drug-likeness (QED) is 0.708. The largest absolute Gasteiger partial charge is 0.468 e. The molecule has 0 spiro atoms. The van der Waals surface area contributed by atoms with Crippen molar-refractivity contribution in [2.75, 3.05) is 13.1 Å². The number of rotatable bonds is 7. The number of hydrogen-bond acceptors (Lipinski definition) is 6. The van der Waals surface area contributed by atoms with E-state index < -0.39 is 26.9 Å². The Morgan fingerprint density at radius 3 is 2.32 bits per heavy atom. The fourth-order valence-electron chi connectivity index (χ4n) is 2.05. The molecule has 0 aliphatic heterocycles.